The largest absolute Gasteiger partial charge is 0.223 e. The molecule has 0 N–H and O–H groups in total. The van der Waals surface area contributed by atoms with Crippen LogP contribution in [0.1, 0.15) is 46.9 Å². The second kappa shape index (κ2) is 5.61. The number of sulfone groups is 2. The molecular weight excluding hydrogens is 440 g/mol. The quantitative estimate of drug-likeness (QED) is 0.467. The van der Waals surface area contributed by atoms with Gasteiger partial charge in [-0.3, -0.25) is 0 Å². The average Bonchev–Trinajstić information content (AvgIpc) is 2.82. The molecule has 1 heterocycles. The molecule has 4 aliphatic carbocycles. The Hall–Kier alpha value is -2.70. The van der Waals surface area contributed by atoms with Crippen LogP contribution in [0.5, 0.6) is 0 Å². The van der Waals surface area contributed by atoms with Crippen molar-refractivity contribution in [3.63, 3.8) is 0 Å². The van der Waals surface area contributed by atoms with E-state index in [-0.39, 0.29) is 22.6 Å². The van der Waals surface area contributed by atoms with E-state index in [4.69, 9.17) is 0 Å². The monoisotopic (exact) mass is 460 g/mol. The molecule has 0 spiro atoms. The predicted octanol–water partition coefficient (Wildman–Crippen LogP) is 4.37. The lowest BCUT2D eigenvalue weighted by Gasteiger charge is -2.65. The maximum absolute atomic E-state index is 14.6. The zero-order valence-corrected chi connectivity index (χ0v) is 18.7. The summed E-state index contributed by atoms with van der Waals surface area (Å²) in [6.07, 6.45) is 4.13. The minimum absolute atomic E-state index is 0.0477. The van der Waals surface area contributed by atoms with Crippen LogP contribution in [0.3, 0.4) is 0 Å². The number of rotatable bonds is 0. The maximum Gasteiger partial charge on any atom is 0.188 e. The summed E-state index contributed by atoms with van der Waals surface area (Å²) in [5, 5.41) is 0. The van der Waals surface area contributed by atoms with Crippen molar-refractivity contribution in [2.75, 3.05) is 0 Å². The summed E-state index contributed by atoms with van der Waals surface area (Å²) in [6, 6.07) is 21.9. The Kier molecular flexibility index (Phi) is 3.30. The Morgan fingerprint density at radius 1 is 0.531 bits per heavy atom. The summed E-state index contributed by atoms with van der Waals surface area (Å²) in [5.74, 6) is -1.09. The van der Waals surface area contributed by atoms with Gasteiger partial charge in [-0.2, -0.15) is 0 Å². The van der Waals surface area contributed by atoms with Crippen molar-refractivity contribution >= 4 is 19.7 Å². The van der Waals surface area contributed by atoms with Crippen LogP contribution in [0.15, 0.2) is 94.7 Å². The molecular formula is C26H20O4S2. The Balaban J connectivity index is 1.77. The summed E-state index contributed by atoms with van der Waals surface area (Å²) >= 11 is 0. The van der Waals surface area contributed by atoms with Crippen molar-refractivity contribution in [3.05, 3.63) is 107 Å². The summed E-state index contributed by atoms with van der Waals surface area (Å²) in [4.78, 5) is -0.0955. The first kappa shape index (κ1) is 18.8. The third-order valence-electron chi connectivity index (χ3n) is 8.28. The molecule has 6 heteroatoms. The fourth-order valence-corrected chi connectivity index (χ4v) is 13.6. The minimum atomic E-state index is -3.99. The second-order valence-electron chi connectivity index (χ2n) is 9.24. The molecule has 0 unspecified atom stereocenters. The normalized spacial score (nSPS) is 33.9. The lowest BCUT2D eigenvalue weighted by Crippen LogP contribution is -2.74. The van der Waals surface area contributed by atoms with Gasteiger partial charge < -0.3 is 0 Å². The summed E-state index contributed by atoms with van der Waals surface area (Å²) in [7, 11) is -7.98. The standard InChI is InChI=1S/C26H20O4S2/c27-31(28)21-13-5-6-14-22(21)32(29,30)26-16-8-7-15-25(26,31)23-17-9-1-2-10-18(17)24(26)20-12-4-3-11-19(20)23/h1-14,23-24H,15-16H2/t23?,24?,25-,26+. The lowest BCUT2D eigenvalue weighted by atomic mass is 9.51. The van der Waals surface area contributed by atoms with E-state index in [1.54, 1.807) is 12.1 Å². The lowest BCUT2D eigenvalue weighted by molar-refractivity contribution is 0.260. The van der Waals surface area contributed by atoms with Gasteiger partial charge in [0.2, 0.25) is 0 Å². The SMILES string of the molecule is O=S1(=O)c2ccccc2S(=O)(=O)[C@@]23CC=CC[C@]21C1c2ccccc2C3c2ccccc21. The highest BCUT2D eigenvalue weighted by Crippen LogP contribution is 2.73. The number of hydrogen-bond donors (Lipinski definition) is 0. The number of allylic oxidation sites excluding steroid dienone is 2. The highest BCUT2D eigenvalue weighted by atomic mass is 32.2. The fourth-order valence-electron chi connectivity index (χ4n) is 7.27. The molecule has 2 bridgehead atoms. The minimum Gasteiger partial charge on any atom is -0.223 e. The van der Waals surface area contributed by atoms with E-state index in [1.165, 1.54) is 12.1 Å². The summed E-state index contributed by atoms with van der Waals surface area (Å²) in [5.41, 5.74) is 3.78. The topological polar surface area (TPSA) is 68.3 Å². The van der Waals surface area contributed by atoms with E-state index in [1.807, 2.05) is 60.7 Å². The molecule has 32 heavy (non-hydrogen) atoms. The number of benzene rings is 3. The first-order chi connectivity index (χ1) is 15.4. The van der Waals surface area contributed by atoms with Crippen molar-refractivity contribution in [2.45, 2.75) is 44.0 Å². The van der Waals surface area contributed by atoms with E-state index in [0.29, 0.717) is 0 Å². The van der Waals surface area contributed by atoms with Crippen molar-refractivity contribution in [1.82, 2.24) is 0 Å². The molecule has 5 aliphatic rings. The third-order valence-corrected chi connectivity index (χ3v) is 13.9. The van der Waals surface area contributed by atoms with Crippen molar-refractivity contribution in [2.24, 2.45) is 0 Å². The van der Waals surface area contributed by atoms with Crippen LogP contribution in [0.25, 0.3) is 0 Å². The third kappa shape index (κ3) is 1.67. The zero-order valence-electron chi connectivity index (χ0n) is 17.1. The van der Waals surface area contributed by atoms with Crippen LogP contribution in [-0.2, 0) is 19.7 Å². The molecule has 0 aromatic heterocycles. The first-order valence-corrected chi connectivity index (χ1v) is 13.8. The molecule has 4 nitrogen and oxygen atoms in total. The predicted molar refractivity (Wildman–Crippen MR) is 121 cm³/mol. The van der Waals surface area contributed by atoms with Gasteiger partial charge >= 0.3 is 0 Å². The van der Waals surface area contributed by atoms with Gasteiger partial charge in [-0.1, -0.05) is 72.8 Å². The molecule has 0 amide bonds. The average molecular weight is 461 g/mol. The van der Waals surface area contributed by atoms with Gasteiger partial charge in [-0.25, -0.2) is 16.8 Å². The van der Waals surface area contributed by atoms with Crippen LogP contribution in [-0.4, -0.2) is 26.3 Å². The van der Waals surface area contributed by atoms with Crippen LogP contribution in [0.2, 0.25) is 0 Å². The molecule has 0 radical (unpaired) electrons. The molecule has 0 fully saturated rings. The second-order valence-corrected chi connectivity index (χ2v) is 13.6. The highest BCUT2D eigenvalue weighted by Gasteiger charge is 2.79. The molecule has 2 atom stereocenters. The molecule has 160 valence electrons. The number of fused-ring (bicyclic) bond motifs is 1. The van der Waals surface area contributed by atoms with Crippen LogP contribution in [0.4, 0.5) is 0 Å². The van der Waals surface area contributed by atoms with Gasteiger partial charge in [0.1, 0.15) is 9.49 Å². The van der Waals surface area contributed by atoms with Crippen LogP contribution in [0, 0.1) is 0 Å². The summed E-state index contributed by atoms with van der Waals surface area (Å²) in [6.45, 7) is 0. The van der Waals surface area contributed by atoms with Gasteiger partial charge in [0.05, 0.1) is 9.79 Å². The van der Waals surface area contributed by atoms with Crippen LogP contribution < -0.4 is 0 Å². The maximum atomic E-state index is 14.6. The summed E-state index contributed by atoms with van der Waals surface area (Å²) < 4.78 is 55.4. The van der Waals surface area contributed by atoms with E-state index in [0.717, 1.165) is 22.3 Å². The van der Waals surface area contributed by atoms with Gasteiger partial charge in [0, 0.05) is 11.8 Å². The molecule has 3 aromatic rings. The smallest absolute Gasteiger partial charge is 0.188 e. The Labute approximate surface area is 187 Å². The molecule has 1 aliphatic heterocycles. The van der Waals surface area contributed by atoms with E-state index >= 15 is 0 Å². The Morgan fingerprint density at radius 2 is 0.844 bits per heavy atom. The Morgan fingerprint density at radius 3 is 1.19 bits per heavy atom. The Bertz CT molecular complexity index is 1420. The van der Waals surface area contributed by atoms with Gasteiger partial charge in [0.15, 0.2) is 19.7 Å². The first-order valence-electron chi connectivity index (χ1n) is 10.8. The number of hydrogen-bond acceptors (Lipinski definition) is 4. The van der Waals surface area contributed by atoms with Gasteiger partial charge in [0.25, 0.3) is 0 Å². The van der Waals surface area contributed by atoms with E-state index in [9.17, 15) is 16.8 Å². The zero-order chi connectivity index (χ0) is 21.9. The molecule has 0 saturated carbocycles. The molecule has 3 aromatic carbocycles. The van der Waals surface area contributed by atoms with Gasteiger partial charge in [-0.05, 0) is 47.2 Å². The van der Waals surface area contributed by atoms with Crippen LogP contribution >= 0.6 is 0 Å². The van der Waals surface area contributed by atoms with E-state index < -0.39 is 41.0 Å². The van der Waals surface area contributed by atoms with Crippen molar-refractivity contribution in [3.8, 4) is 0 Å². The molecule has 0 saturated heterocycles. The van der Waals surface area contributed by atoms with Gasteiger partial charge in [-0.15, -0.1) is 0 Å². The van der Waals surface area contributed by atoms with Crippen molar-refractivity contribution in [1.29, 1.82) is 0 Å². The van der Waals surface area contributed by atoms with Crippen molar-refractivity contribution < 1.29 is 16.8 Å². The molecule has 8 rings (SSSR count). The highest BCUT2D eigenvalue weighted by molar-refractivity contribution is 8.00. The van der Waals surface area contributed by atoms with E-state index in [2.05, 4.69) is 0 Å². The fraction of sp³-hybridized carbons (Fsp3) is 0.231.